The third-order valence-electron chi connectivity index (χ3n) is 4.62. The van der Waals surface area contributed by atoms with Crippen molar-refractivity contribution in [2.45, 2.75) is 39.2 Å². The zero-order chi connectivity index (χ0) is 15.0. The van der Waals surface area contributed by atoms with Gasteiger partial charge in [0.1, 0.15) is 5.82 Å². The molecule has 0 amide bonds. The van der Waals surface area contributed by atoms with Gasteiger partial charge in [0.15, 0.2) is 11.6 Å². The number of rotatable bonds is 6. The third kappa shape index (κ3) is 2.61. The fraction of sp³-hybridized carbons (Fsp3) is 0.562. The van der Waals surface area contributed by atoms with Gasteiger partial charge in [0, 0.05) is 31.0 Å². The molecule has 0 spiro atoms. The number of aryl methyl sites for hydroxylation is 1. The Morgan fingerprint density at radius 1 is 1.43 bits per heavy atom. The first kappa shape index (κ1) is 14.6. The fourth-order valence-corrected chi connectivity index (χ4v) is 3.09. The van der Waals surface area contributed by atoms with Crippen LogP contribution in [0.5, 0.6) is 5.75 Å². The minimum Gasteiger partial charge on any atom is -0.494 e. The van der Waals surface area contributed by atoms with Crippen molar-refractivity contribution in [3.63, 3.8) is 0 Å². The molecule has 21 heavy (non-hydrogen) atoms. The SMILES string of the molecule is CCC1(Cn2c(CCCl)nc3cc(F)c(OC)cc32)CC1. The molecule has 0 radical (unpaired) electrons. The van der Waals surface area contributed by atoms with Gasteiger partial charge in [-0.25, -0.2) is 9.37 Å². The highest BCUT2D eigenvalue weighted by molar-refractivity contribution is 6.17. The summed E-state index contributed by atoms with van der Waals surface area (Å²) < 4.78 is 21.2. The summed E-state index contributed by atoms with van der Waals surface area (Å²) in [5.74, 6) is 1.35. The van der Waals surface area contributed by atoms with Gasteiger partial charge >= 0.3 is 0 Å². The standard InChI is InChI=1S/C16H20ClFN2O/c1-3-16(5-6-16)10-20-13-9-14(21-2)11(18)8-12(13)19-15(20)4-7-17/h8-9H,3-7,10H2,1-2H3. The maximum atomic E-state index is 13.9. The summed E-state index contributed by atoms with van der Waals surface area (Å²) in [7, 11) is 1.49. The molecule has 0 N–H and O–H groups in total. The Kier molecular flexibility index (Phi) is 3.82. The number of fused-ring (bicyclic) bond motifs is 1. The van der Waals surface area contributed by atoms with Crippen LogP contribution in [0.15, 0.2) is 12.1 Å². The summed E-state index contributed by atoms with van der Waals surface area (Å²) in [6.07, 6.45) is 4.36. The van der Waals surface area contributed by atoms with Crippen LogP contribution in [0.2, 0.25) is 0 Å². The summed E-state index contributed by atoms with van der Waals surface area (Å²) in [5, 5.41) is 0. The van der Waals surface area contributed by atoms with Crippen molar-refractivity contribution in [3.05, 3.63) is 23.8 Å². The van der Waals surface area contributed by atoms with Crippen molar-refractivity contribution < 1.29 is 9.13 Å². The predicted octanol–water partition coefficient (Wildman–Crippen LogP) is 4.16. The highest BCUT2D eigenvalue weighted by Crippen LogP contribution is 2.50. The third-order valence-corrected chi connectivity index (χ3v) is 4.81. The lowest BCUT2D eigenvalue weighted by atomic mass is 10.0. The maximum Gasteiger partial charge on any atom is 0.167 e. The molecule has 1 aromatic heterocycles. The molecule has 0 aliphatic heterocycles. The van der Waals surface area contributed by atoms with Gasteiger partial charge in [-0.15, -0.1) is 11.6 Å². The van der Waals surface area contributed by atoms with Gasteiger partial charge in [0.2, 0.25) is 0 Å². The molecule has 0 saturated heterocycles. The van der Waals surface area contributed by atoms with Gasteiger partial charge in [-0.2, -0.15) is 0 Å². The summed E-state index contributed by atoms with van der Waals surface area (Å²) >= 11 is 5.89. The largest absolute Gasteiger partial charge is 0.494 e. The Balaban J connectivity index is 2.11. The summed E-state index contributed by atoms with van der Waals surface area (Å²) in [5.41, 5.74) is 2.00. The van der Waals surface area contributed by atoms with Crippen LogP contribution in [0.4, 0.5) is 4.39 Å². The second kappa shape index (κ2) is 5.48. The van der Waals surface area contributed by atoms with E-state index in [4.69, 9.17) is 16.3 Å². The number of benzene rings is 1. The summed E-state index contributed by atoms with van der Waals surface area (Å²) in [4.78, 5) is 4.57. The van der Waals surface area contributed by atoms with E-state index in [1.54, 1.807) is 6.07 Å². The van der Waals surface area contributed by atoms with E-state index in [-0.39, 0.29) is 11.6 Å². The van der Waals surface area contributed by atoms with Gasteiger partial charge in [-0.05, 0) is 24.7 Å². The van der Waals surface area contributed by atoms with Crippen molar-refractivity contribution in [3.8, 4) is 5.75 Å². The van der Waals surface area contributed by atoms with Crippen LogP contribution >= 0.6 is 11.6 Å². The molecule has 1 fully saturated rings. The Labute approximate surface area is 129 Å². The predicted molar refractivity (Wildman–Crippen MR) is 82.6 cm³/mol. The van der Waals surface area contributed by atoms with Crippen LogP contribution in [0.3, 0.4) is 0 Å². The van der Waals surface area contributed by atoms with E-state index in [1.165, 1.54) is 26.0 Å². The van der Waals surface area contributed by atoms with Crippen LogP contribution in [-0.4, -0.2) is 22.5 Å². The van der Waals surface area contributed by atoms with Gasteiger partial charge in [-0.3, -0.25) is 0 Å². The van der Waals surface area contributed by atoms with Crippen LogP contribution in [0.25, 0.3) is 11.0 Å². The molecule has 0 bridgehead atoms. The minimum atomic E-state index is -0.372. The Bertz CT molecular complexity index is 664. The molecule has 2 aromatic rings. The van der Waals surface area contributed by atoms with Gasteiger partial charge in [-0.1, -0.05) is 6.92 Å². The highest BCUT2D eigenvalue weighted by Gasteiger charge is 2.41. The lowest BCUT2D eigenvalue weighted by molar-refractivity contribution is 0.386. The number of alkyl halides is 1. The molecule has 114 valence electrons. The molecule has 1 aliphatic carbocycles. The molecule has 1 heterocycles. The van der Waals surface area contributed by atoms with E-state index in [0.29, 0.717) is 23.2 Å². The average Bonchev–Trinajstić information content (AvgIpc) is 3.18. The van der Waals surface area contributed by atoms with Crippen molar-refractivity contribution in [1.82, 2.24) is 9.55 Å². The van der Waals surface area contributed by atoms with Crippen LogP contribution in [0.1, 0.15) is 32.0 Å². The van der Waals surface area contributed by atoms with E-state index in [0.717, 1.165) is 24.3 Å². The average molecular weight is 311 g/mol. The molecule has 3 rings (SSSR count). The summed E-state index contributed by atoms with van der Waals surface area (Å²) in [6.45, 7) is 3.16. The van der Waals surface area contributed by atoms with E-state index in [9.17, 15) is 4.39 Å². The lowest BCUT2D eigenvalue weighted by Crippen LogP contribution is -2.14. The number of halogens is 2. The summed E-state index contributed by atoms with van der Waals surface area (Å²) in [6, 6.07) is 3.20. The first-order valence-electron chi connectivity index (χ1n) is 7.41. The molecule has 3 nitrogen and oxygen atoms in total. The maximum absolute atomic E-state index is 13.9. The van der Waals surface area contributed by atoms with Crippen LogP contribution < -0.4 is 4.74 Å². The number of aromatic nitrogens is 2. The Hall–Kier alpha value is -1.29. The monoisotopic (exact) mass is 310 g/mol. The number of methoxy groups -OCH3 is 1. The van der Waals surface area contributed by atoms with Crippen molar-refractivity contribution in [2.75, 3.05) is 13.0 Å². The van der Waals surface area contributed by atoms with Crippen molar-refractivity contribution >= 4 is 22.6 Å². The van der Waals surface area contributed by atoms with Gasteiger partial charge in [0.25, 0.3) is 0 Å². The van der Waals surface area contributed by atoms with E-state index in [2.05, 4.69) is 16.5 Å². The smallest absolute Gasteiger partial charge is 0.167 e. The highest BCUT2D eigenvalue weighted by atomic mass is 35.5. The Morgan fingerprint density at radius 3 is 2.76 bits per heavy atom. The normalized spacial score (nSPS) is 16.4. The molecule has 5 heteroatoms. The van der Waals surface area contributed by atoms with E-state index >= 15 is 0 Å². The van der Waals surface area contributed by atoms with Gasteiger partial charge in [0.05, 0.1) is 18.1 Å². The lowest BCUT2D eigenvalue weighted by Gasteiger charge is -2.16. The van der Waals surface area contributed by atoms with Crippen LogP contribution in [0, 0.1) is 11.2 Å². The number of ether oxygens (including phenoxy) is 1. The molecular weight excluding hydrogens is 291 g/mol. The fourth-order valence-electron chi connectivity index (χ4n) is 2.92. The molecule has 0 atom stereocenters. The zero-order valence-corrected chi connectivity index (χ0v) is 13.2. The second-order valence-electron chi connectivity index (χ2n) is 5.88. The molecule has 1 aliphatic rings. The van der Waals surface area contributed by atoms with Crippen molar-refractivity contribution in [2.24, 2.45) is 5.41 Å². The number of imidazole rings is 1. The quantitative estimate of drug-likeness (QED) is 0.749. The Morgan fingerprint density at radius 2 is 2.19 bits per heavy atom. The molecular formula is C16H20ClFN2O. The second-order valence-corrected chi connectivity index (χ2v) is 6.26. The molecule has 0 unspecified atom stereocenters. The first-order chi connectivity index (χ1) is 10.1. The number of hydrogen-bond acceptors (Lipinski definition) is 2. The van der Waals surface area contributed by atoms with Crippen LogP contribution in [-0.2, 0) is 13.0 Å². The topological polar surface area (TPSA) is 27.1 Å². The zero-order valence-electron chi connectivity index (χ0n) is 12.5. The number of hydrogen-bond donors (Lipinski definition) is 0. The first-order valence-corrected chi connectivity index (χ1v) is 7.94. The van der Waals surface area contributed by atoms with Crippen molar-refractivity contribution in [1.29, 1.82) is 0 Å². The molecule has 1 aromatic carbocycles. The number of nitrogens with zero attached hydrogens (tertiary/aromatic N) is 2. The minimum absolute atomic E-state index is 0.266. The van der Waals surface area contributed by atoms with E-state index < -0.39 is 0 Å². The van der Waals surface area contributed by atoms with Gasteiger partial charge < -0.3 is 9.30 Å². The van der Waals surface area contributed by atoms with E-state index in [1.807, 2.05) is 0 Å². The molecule has 1 saturated carbocycles.